The predicted octanol–water partition coefficient (Wildman–Crippen LogP) is 3.34. The number of benzene rings is 2. The van der Waals surface area contributed by atoms with Crippen molar-refractivity contribution in [2.75, 3.05) is 64.2 Å². The van der Waals surface area contributed by atoms with Gasteiger partial charge in [-0.15, -0.1) is 0 Å². The molecule has 3 fully saturated rings. The van der Waals surface area contributed by atoms with Gasteiger partial charge in [0.25, 0.3) is 12.4 Å². The van der Waals surface area contributed by atoms with E-state index in [1.54, 1.807) is 4.90 Å². The van der Waals surface area contributed by atoms with Crippen molar-refractivity contribution in [1.82, 2.24) is 24.9 Å². The first kappa shape index (κ1) is 33.7. The molecule has 4 aliphatic rings. The summed E-state index contributed by atoms with van der Waals surface area (Å²) in [4.78, 5) is 59.7. The SMILES string of the molecule is Cc1cc(C[C@@H](OC(=O)N2CCC(N3CCc4ccccc4NC3=O)CC2)C(=O)N2CCN(C3CCNCC3)CC2)cc(C)c1OC=O. The molecule has 4 aliphatic heterocycles. The van der Waals surface area contributed by atoms with Crippen molar-refractivity contribution < 1.29 is 28.7 Å². The zero-order valence-corrected chi connectivity index (χ0v) is 28.1. The lowest BCUT2D eigenvalue weighted by molar-refractivity contribution is -0.143. The molecule has 48 heavy (non-hydrogen) atoms. The number of aryl methyl sites for hydroxylation is 2. The maximum absolute atomic E-state index is 14.0. The van der Waals surface area contributed by atoms with Gasteiger partial charge in [0.05, 0.1) is 0 Å². The number of nitrogens with zero attached hydrogens (tertiary/aromatic N) is 4. The number of anilines is 1. The van der Waals surface area contributed by atoms with E-state index in [-0.39, 0.29) is 24.4 Å². The molecule has 12 nitrogen and oxygen atoms in total. The van der Waals surface area contributed by atoms with Gasteiger partial charge in [-0.05, 0) is 87.4 Å². The van der Waals surface area contributed by atoms with Crippen LogP contribution in [0.3, 0.4) is 0 Å². The van der Waals surface area contributed by atoms with Gasteiger partial charge in [-0.2, -0.15) is 0 Å². The van der Waals surface area contributed by atoms with Crippen LogP contribution < -0.4 is 15.4 Å². The number of ether oxygens (including phenoxy) is 2. The van der Waals surface area contributed by atoms with Crippen LogP contribution in [0.15, 0.2) is 36.4 Å². The molecule has 12 heteroatoms. The summed E-state index contributed by atoms with van der Waals surface area (Å²) in [7, 11) is 0. The molecular weight excluding hydrogens is 612 g/mol. The van der Waals surface area contributed by atoms with E-state index in [1.807, 2.05) is 60.0 Å². The molecule has 0 spiro atoms. The number of nitrogens with one attached hydrogen (secondary N) is 2. The molecule has 0 aliphatic carbocycles. The van der Waals surface area contributed by atoms with E-state index in [1.165, 1.54) is 0 Å². The van der Waals surface area contributed by atoms with E-state index in [0.717, 1.165) is 73.4 Å². The van der Waals surface area contributed by atoms with Crippen molar-refractivity contribution in [1.29, 1.82) is 0 Å². The maximum Gasteiger partial charge on any atom is 0.410 e. The number of likely N-dealkylation sites (tertiary alicyclic amines) is 1. The average molecular weight is 661 g/mol. The number of para-hydroxylation sites is 1. The summed E-state index contributed by atoms with van der Waals surface area (Å²) >= 11 is 0. The van der Waals surface area contributed by atoms with Crippen molar-refractivity contribution in [3.63, 3.8) is 0 Å². The van der Waals surface area contributed by atoms with Gasteiger partial charge in [-0.3, -0.25) is 14.5 Å². The number of amides is 4. The number of piperazine rings is 1. The molecule has 3 saturated heterocycles. The monoisotopic (exact) mass is 660 g/mol. The summed E-state index contributed by atoms with van der Waals surface area (Å²) in [5.41, 5.74) is 4.34. The minimum Gasteiger partial charge on any atom is -0.436 e. The van der Waals surface area contributed by atoms with Crippen LogP contribution in [0.5, 0.6) is 5.75 Å². The first-order valence-electron chi connectivity index (χ1n) is 17.4. The molecule has 258 valence electrons. The van der Waals surface area contributed by atoms with Crippen LogP contribution in [0.4, 0.5) is 15.3 Å². The van der Waals surface area contributed by atoms with E-state index in [4.69, 9.17) is 9.47 Å². The standard InChI is InChI=1S/C36H48N6O6/c1-25-21-27(22-26(2)33(25)47-24-43)23-32(34(44)40-19-17-39(18-20-40)29-7-12-37-13-8-29)48-36(46)41-14-10-30(11-15-41)42-16-9-28-5-3-4-6-31(28)38-35(42)45/h3-6,21-22,24,29-30,32,37H,7-20,23H2,1-2H3,(H,38,45)/t32-/m1/s1. The first-order chi connectivity index (χ1) is 23.3. The average Bonchev–Trinajstić information content (AvgIpc) is 3.27. The highest BCUT2D eigenvalue weighted by Crippen LogP contribution is 2.28. The highest BCUT2D eigenvalue weighted by atomic mass is 16.6. The van der Waals surface area contributed by atoms with Gasteiger partial charge in [0.2, 0.25) is 0 Å². The number of rotatable bonds is 8. The van der Waals surface area contributed by atoms with Crippen LogP contribution >= 0.6 is 0 Å². The van der Waals surface area contributed by atoms with Crippen LogP contribution in [0, 0.1) is 13.8 Å². The molecule has 2 aromatic rings. The molecule has 4 amide bonds. The third-order valence-corrected chi connectivity index (χ3v) is 10.4. The van der Waals surface area contributed by atoms with Gasteiger partial charge in [-0.25, -0.2) is 9.59 Å². The Labute approximate surface area is 282 Å². The molecule has 0 aromatic heterocycles. The van der Waals surface area contributed by atoms with Gasteiger partial charge in [0, 0.05) is 70.0 Å². The van der Waals surface area contributed by atoms with E-state index >= 15 is 0 Å². The highest BCUT2D eigenvalue weighted by Gasteiger charge is 2.36. The lowest BCUT2D eigenvalue weighted by atomic mass is 10.00. The Hall–Kier alpha value is -4.16. The Bertz CT molecular complexity index is 1460. The lowest BCUT2D eigenvalue weighted by Gasteiger charge is -2.41. The summed E-state index contributed by atoms with van der Waals surface area (Å²) < 4.78 is 11.2. The first-order valence-corrected chi connectivity index (χ1v) is 17.4. The van der Waals surface area contributed by atoms with Gasteiger partial charge < -0.3 is 34.8 Å². The van der Waals surface area contributed by atoms with Crippen LogP contribution in [0.25, 0.3) is 0 Å². The second-order valence-corrected chi connectivity index (χ2v) is 13.4. The second-order valence-electron chi connectivity index (χ2n) is 13.4. The zero-order valence-electron chi connectivity index (χ0n) is 28.1. The summed E-state index contributed by atoms with van der Waals surface area (Å²) in [5.74, 6) is 0.306. The Morgan fingerprint density at radius 2 is 1.58 bits per heavy atom. The van der Waals surface area contributed by atoms with Crippen LogP contribution in [0.2, 0.25) is 0 Å². The summed E-state index contributed by atoms with van der Waals surface area (Å²) in [6, 6.07) is 12.1. The predicted molar refractivity (Wildman–Crippen MR) is 181 cm³/mol. The number of carbonyl (C=O) groups excluding carboxylic acids is 4. The van der Waals surface area contributed by atoms with Crippen molar-refractivity contribution in [3.8, 4) is 5.75 Å². The largest absolute Gasteiger partial charge is 0.436 e. The third kappa shape index (κ3) is 7.76. The Morgan fingerprint density at radius 3 is 2.27 bits per heavy atom. The van der Waals surface area contributed by atoms with Gasteiger partial charge >= 0.3 is 12.1 Å². The smallest absolute Gasteiger partial charge is 0.410 e. The van der Waals surface area contributed by atoms with Crippen molar-refractivity contribution in [2.45, 2.75) is 70.6 Å². The third-order valence-electron chi connectivity index (χ3n) is 10.4. The molecule has 1 atom stereocenters. The Balaban J connectivity index is 1.10. The quantitative estimate of drug-likeness (QED) is 0.414. The Kier molecular flexibility index (Phi) is 10.8. The van der Waals surface area contributed by atoms with E-state index < -0.39 is 12.2 Å². The van der Waals surface area contributed by atoms with E-state index in [2.05, 4.69) is 15.5 Å². The fourth-order valence-electron chi connectivity index (χ4n) is 7.76. The van der Waals surface area contributed by atoms with Gasteiger partial charge in [-0.1, -0.05) is 30.3 Å². The number of hydrogen-bond acceptors (Lipinski definition) is 8. The van der Waals surface area contributed by atoms with Crippen LogP contribution in [-0.2, 0) is 27.2 Å². The summed E-state index contributed by atoms with van der Waals surface area (Å²) in [5, 5.41) is 6.47. The fraction of sp³-hybridized carbons (Fsp3) is 0.556. The molecule has 0 radical (unpaired) electrons. The topological polar surface area (TPSA) is 124 Å². The van der Waals surface area contributed by atoms with Gasteiger partial charge in [0.1, 0.15) is 5.75 Å². The molecular formula is C36H48N6O6. The molecule has 6 rings (SSSR count). The molecule has 2 aromatic carbocycles. The minimum atomic E-state index is -0.993. The number of piperidine rings is 2. The molecule has 0 unspecified atom stereocenters. The van der Waals surface area contributed by atoms with Crippen molar-refractivity contribution >= 4 is 30.2 Å². The molecule has 4 heterocycles. The highest BCUT2D eigenvalue weighted by molar-refractivity contribution is 5.91. The van der Waals surface area contributed by atoms with E-state index in [9.17, 15) is 19.2 Å². The number of hydrogen-bond donors (Lipinski definition) is 2. The second kappa shape index (κ2) is 15.4. The Morgan fingerprint density at radius 1 is 0.896 bits per heavy atom. The molecule has 2 N–H and O–H groups in total. The van der Waals surface area contributed by atoms with Gasteiger partial charge in [0.15, 0.2) is 6.10 Å². The number of urea groups is 1. The lowest BCUT2D eigenvalue weighted by Crippen LogP contribution is -2.56. The van der Waals surface area contributed by atoms with E-state index in [0.29, 0.717) is 63.8 Å². The van der Waals surface area contributed by atoms with Crippen LogP contribution in [-0.4, -0.2) is 121 Å². The molecule has 0 bridgehead atoms. The van der Waals surface area contributed by atoms with Crippen molar-refractivity contribution in [3.05, 3.63) is 58.7 Å². The maximum atomic E-state index is 14.0. The van der Waals surface area contributed by atoms with Crippen molar-refractivity contribution in [2.24, 2.45) is 0 Å². The summed E-state index contributed by atoms with van der Waals surface area (Å²) in [6.45, 7) is 10.4. The number of carbonyl (C=O) groups is 4. The number of fused-ring (bicyclic) bond motifs is 1. The zero-order chi connectivity index (χ0) is 33.6. The molecule has 0 saturated carbocycles. The fourth-order valence-corrected chi connectivity index (χ4v) is 7.76. The normalized spacial score (nSPS) is 20.4. The van der Waals surface area contributed by atoms with Crippen LogP contribution in [0.1, 0.15) is 47.9 Å². The minimum absolute atomic E-state index is 0.00934. The summed E-state index contributed by atoms with van der Waals surface area (Å²) in [6.07, 6.45) is 2.97.